The number of phenolic OH excluding ortho intramolecular Hbond substituents is 1. The molecule has 5 heterocycles. The SMILES string of the molecule is CN(CCOc1cccc2c1ccn2S(=O)[O-])C(=O)OC(C)(C)C.CNCCOc1cccc2c1ccn2S(=O)[O-].O=S([O-])n1ccc2c(O)cccc21.O=S([O-])n1ccc2c(OCc3ccccc3)cccc21.[Ar].[Ar].[Ar].[Ar].c1ccc(COc2cccc3[nH]ccc23)cc1. The number of hydrogen-bond donors (Lipinski definition) is 3. The van der Waals surface area contributed by atoms with Crippen LogP contribution >= 0.6 is 0 Å². The van der Waals surface area contributed by atoms with Crippen LogP contribution in [0, 0.1) is 151 Å². The number of nitrogens with zero attached hydrogens (tertiary/aromatic N) is 5. The van der Waals surface area contributed by atoms with Gasteiger partial charge in [0.2, 0.25) is 0 Å². The minimum absolute atomic E-state index is 0. The van der Waals surface area contributed by atoms with E-state index in [0.29, 0.717) is 76.5 Å². The fraction of sp³-hybridized carbons (Fsp3) is 0.185. The molecule has 0 aliphatic rings. The first-order valence-corrected chi connectivity index (χ1v) is 32.2. The largest absolute Gasteiger partial charge is 0.755 e. The van der Waals surface area contributed by atoms with E-state index in [9.17, 15) is 44.9 Å². The topological polar surface area (TPSA) is 295 Å². The number of nitrogens with one attached hydrogen (secondary N) is 2. The van der Waals surface area contributed by atoms with Crippen molar-refractivity contribution >= 4 is 106 Å². The van der Waals surface area contributed by atoms with E-state index in [0.717, 1.165) is 47.5 Å². The van der Waals surface area contributed by atoms with Crippen molar-refractivity contribution in [2.24, 2.45) is 0 Å². The molecule has 0 saturated carbocycles. The van der Waals surface area contributed by atoms with Crippen LogP contribution in [-0.4, -0.2) is 118 Å². The zero-order valence-corrected chi connectivity index (χ0v) is 57.5. The zero-order chi connectivity index (χ0) is 65.0. The van der Waals surface area contributed by atoms with Gasteiger partial charge in [-0.3, -0.25) is 32.7 Å². The van der Waals surface area contributed by atoms with Gasteiger partial charge in [0, 0.05) is 228 Å². The summed E-state index contributed by atoms with van der Waals surface area (Å²) < 4.78 is 120. The predicted molar refractivity (Wildman–Crippen MR) is 350 cm³/mol. The van der Waals surface area contributed by atoms with Crippen LogP contribution < -0.4 is 24.3 Å². The van der Waals surface area contributed by atoms with Crippen molar-refractivity contribution in [2.45, 2.75) is 39.6 Å². The van der Waals surface area contributed by atoms with E-state index >= 15 is 0 Å². The molecule has 12 aromatic rings. The molecule has 12 rings (SSSR count). The predicted octanol–water partition coefficient (Wildman–Crippen LogP) is 11.0. The molecule has 95 heavy (non-hydrogen) atoms. The average molecular weight is 1470 g/mol. The number of hydrogen-bond acceptors (Lipinski definition) is 16. The van der Waals surface area contributed by atoms with Gasteiger partial charge in [0.1, 0.15) is 60.8 Å². The Morgan fingerprint density at radius 1 is 0.484 bits per heavy atom. The monoisotopic (exact) mass is 1470 g/mol. The summed E-state index contributed by atoms with van der Waals surface area (Å²) >= 11 is -9.29. The summed E-state index contributed by atoms with van der Waals surface area (Å²) in [6.07, 6.45) is 7.40. The summed E-state index contributed by atoms with van der Waals surface area (Å²) in [4.78, 5) is 16.5. The van der Waals surface area contributed by atoms with Crippen LogP contribution in [0.2, 0.25) is 0 Å². The van der Waals surface area contributed by atoms with Crippen molar-refractivity contribution in [1.29, 1.82) is 0 Å². The Kier molecular flexibility index (Phi) is 36.4. The van der Waals surface area contributed by atoms with E-state index in [1.165, 1.54) is 49.3 Å². The molecule has 0 bridgehead atoms. The number of carbonyl (C=O) groups is 1. The average Bonchev–Trinajstić information content (AvgIpc) is 1.72. The van der Waals surface area contributed by atoms with Gasteiger partial charge in [-0.05, 0) is 130 Å². The van der Waals surface area contributed by atoms with Crippen molar-refractivity contribution in [3.8, 4) is 28.7 Å². The molecule has 22 nitrogen and oxygen atoms in total. The molecule has 4 atom stereocenters. The molecule has 3 N–H and O–H groups in total. The van der Waals surface area contributed by atoms with Gasteiger partial charge >= 0.3 is 6.09 Å². The van der Waals surface area contributed by atoms with Gasteiger partial charge in [0.25, 0.3) is 0 Å². The number of benzene rings is 7. The maximum Gasteiger partial charge on any atom is 0.410 e. The number of likely N-dealkylation sites (N-methyl/N-ethyl adjacent to an activating group) is 2. The number of aromatic hydroxyl groups is 1. The molecular formula is C65H65Ar4N7O15S4-4. The third-order valence-corrected chi connectivity index (χ3v) is 15.9. The Hall–Kier alpha value is -4.05. The number of ether oxygens (including phenoxy) is 5. The van der Waals surface area contributed by atoms with Crippen LogP contribution in [0.4, 0.5) is 4.79 Å². The molecule has 0 saturated heterocycles. The van der Waals surface area contributed by atoms with Crippen LogP contribution in [0.3, 0.4) is 0 Å². The number of carbonyl (C=O) groups excluding carboxylic acids is 1. The molecule has 0 aliphatic carbocycles. The Morgan fingerprint density at radius 2 is 0.853 bits per heavy atom. The number of phenols is 1. The van der Waals surface area contributed by atoms with Gasteiger partial charge < -0.3 is 62.2 Å². The van der Waals surface area contributed by atoms with Crippen LogP contribution in [0.1, 0.15) is 31.9 Å². The van der Waals surface area contributed by atoms with Crippen LogP contribution in [0.25, 0.3) is 54.5 Å². The smallest absolute Gasteiger partial charge is 0.410 e. The van der Waals surface area contributed by atoms with Gasteiger partial charge in [0.05, 0.1) is 73.7 Å². The second-order valence-electron chi connectivity index (χ2n) is 20.7. The molecule has 0 fully saturated rings. The number of fused-ring (bicyclic) bond motifs is 5. The summed E-state index contributed by atoms with van der Waals surface area (Å²) in [6, 6.07) is 55.5. The summed E-state index contributed by atoms with van der Waals surface area (Å²) in [5.74, 6) is 2.95. The van der Waals surface area contributed by atoms with E-state index in [1.54, 1.807) is 107 Å². The van der Waals surface area contributed by atoms with E-state index in [4.69, 9.17) is 23.7 Å². The first-order valence-electron chi connectivity index (χ1n) is 28.0. The third kappa shape index (κ3) is 24.1. The number of aromatic amines is 1. The zero-order valence-electron chi connectivity index (χ0n) is 51.4. The standard InChI is InChI=1S/C16H22N2O5S.C15H13NO3S.C15H13NO.C11H14N2O3S.C8H7NO3S.4Ar/c1-16(2,3)23-15(19)17(4)10-11-22-14-7-5-6-13-12(14)8-9-18(13)24(20)21;17-20(18)16-10-9-13-14(16)7-4-8-15(13)19-11-12-5-2-1-3-6-12;1-2-5-12(6-3-1)11-17-15-8-4-7-14-13(15)9-10-16-14;1-12-6-8-16-11-4-2-3-10-9(11)5-7-13(10)17(14)15;10-8-3-1-2-7-6(8)4-5-9(7)13(11)12;;;;/h5-9H,10-11H2,1-4H3,(H,20,21);1-10H,11H2,(H,17,18);1-10,16H,11H2;2-5,7,12H,6,8H2,1H3,(H,14,15);1-5,10H,(H,11,12);;;;/p-4. The molecule has 0 spiro atoms. The molecule has 30 heteroatoms. The van der Waals surface area contributed by atoms with E-state index < -0.39 is 56.8 Å². The minimum Gasteiger partial charge on any atom is -0.755 e. The Labute approximate surface area is 679 Å². The summed E-state index contributed by atoms with van der Waals surface area (Å²) in [5, 5.41) is 16.3. The van der Waals surface area contributed by atoms with Crippen LogP contribution in [0.15, 0.2) is 213 Å². The second-order valence-corrected chi connectivity index (χ2v) is 24.0. The number of aromatic nitrogens is 5. The van der Waals surface area contributed by atoms with Crippen LogP contribution in [-0.2, 0) is 63.0 Å². The molecule has 1 amide bonds. The Morgan fingerprint density at radius 3 is 1.26 bits per heavy atom. The van der Waals surface area contributed by atoms with Crippen molar-refractivity contribution < 1.29 is 220 Å². The van der Waals surface area contributed by atoms with Gasteiger partial charge in [-0.2, -0.15) is 0 Å². The van der Waals surface area contributed by atoms with E-state index in [1.807, 2.05) is 98.2 Å². The van der Waals surface area contributed by atoms with Gasteiger partial charge in [0.15, 0.2) is 0 Å². The molecule has 7 aromatic carbocycles. The summed E-state index contributed by atoms with van der Waals surface area (Å²) in [5.41, 5.74) is 5.07. The summed E-state index contributed by atoms with van der Waals surface area (Å²) in [7, 11) is 3.48. The van der Waals surface area contributed by atoms with Crippen molar-refractivity contribution in [3.63, 3.8) is 0 Å². The third-order valence-electron chi connectivity index (χ3n) is 13.3. The van der Waals surface area contributed by atoms with Gasteiger partial charge in [-0.15, -0.1) is 0 Å². The van der Waals surface area contributed by atoms with Crippen molar-refractivity contribution in [2.75, 3.05) is 40.4 Å². The number of amides is 1. The first-order chi connectivity index (χ1) is 43.8. The fourth-order valence-electron chi connectivity index (χ4n) is 9.01. The van der Waals surface area contributed by atoms with Crippen molar-refractivity contribution in [3.05, 3.63) is 224 Å². The quantitative estimate of drug-likeness (QED) is 0.0531. The van der Waals surface area contributed by atoms with E-state index in [-0.39, 0.29) is 163 Å². The normalized spacial score (nSPS) is 11.9. The molecule has 0 aliphatic heterocycles. The maximum absolute atomic E-state index is 11.9. The molecular weight excluding hydrogens is 1410 g/mol. The second kappa shape index (κ2) is 41.5. The van der Waals surface area contributed by atoms with Gasteiger partial charge in [-0.1, -0.05) is 91.0 Å². The molecule has 0 radical (unpaired) electrons. The van der Waals surface area contributed by atoms with E-state index in [2.05, 4.69) is 22.4 Å². The molecule has 510 valence electrons. The number of H-pyrrole nitrogens is 1. The molecule has 4 unspecified atom stereocenters. The Balaban J connectivity index is 0.000000253. The summed E-state index contributed by atoms with van der Waals surface area (Å²) in [6.45, 7) is 8.37. The first kappa shape index (κ1) is 83.4. The fourth-order valence-corrected chi connectivity index (χ4v) is 10.9. The Bertz CT molecular complexity index is 4450. The minimum atomic E-state index is -2.37. The van der Waals surface area contributed by atoms with Crippen LogP contribution in [0.5, 0.6) is 28.7 Å². The number of rotatable bonds is 18. The van der Waals surface area contributed by atoms with Crippen molar-refractivity contribution in [1.82, 2.24) is 31.1 Å². The molecule has 5 aromatic heterocycles. The maximum atomic E-state index is 11.9. The van der Waals surface area contributed by atoms with Gasteiger partial charge in [-0.25, -0.2) is 4.79 Å².